The number of hydrogen-bond donors (Lipinski definition) is 2. The maximum atomic E-state index is 14.1. The molecule has 2 aromatic rings. The summed E-state index contributed by atoms with van der Waals surface area (Å²) in [5, 5.41) is 18.0. The normalized spacial score (nSPS) is 21.5. The van der Waals surface area contributed by atoms with Gasteiger partial charge in [-0.05, 0) is 38.0 Å². The summed E-state index contributed by atoms with van der Waals surface area (Å²) in [6.45, 7) is 7.50. The van der Waals surface area contributed by atoms with E-state index in [1.54, 1.807) is 19.9 Å². The second-order valence-electron chi connectivity index (χ2n) is 8.16. The number of H-pyrrole nitrogens is 1. The maximum Gasteiger partial charge on any atom is 0.295 e. The summed E-state index contributed by atoms with van der Waals surface area (Å²) in [6, 6.07) is 4.93. The Balaban J connectivity index is 1.70. The van der Waals surface area contributed by atoms with Crippen molar-refractivity contribution in [2.75, 3.05) is 39.4 Å². The van der Waals surface area contributed by atoms with Crippen LogP contribution in [-0.2, 0) is 14.3 Å². The van der Waals surface area contributed by atoms with Crippen molar-refractivity contribution in [2.45, 2.75) is 26.3 Å². The molecule has 2 aliphatic heterocycles. The Labute approximate surface area is 185 Å². The third kappa shape index (κ3) is 4.18. The highest BCUT2D eigenvalue weighted by Crippen LogP contribution is 2.40. The third-order valence-electron chi connectivity index (χ3n) is 6.05. The second-order valence-corrected chi connectivity index (χ2v) is 8.16. The molecule has 2 fully saturated rings. The summed E-state index contributed by atoms with van der Waals surface area (Å²) in [6.07, 6.45) is 0.642. The van der Waals surface area contributed by atoms with Crippen LogP contribution in [0.4, 0.5) is 4.39 Å². The Morgan fingerprint density at radius 1 is 1.25 bits per heavy atom. The van der Waals surface area contributed by atoms with Crippen LogP contribution < -0.4 is 0 Å². The van der Waals surface area contributed by atoms with Crippen molar-refractivity contribution in [2.24, 2.45) is 0 Å². The fourth-order valence-corrected chi connectivity index (χ4v) is 4.46. The molecular formula is C23H27FN4O4. The highest BCUT2D eigenvalue weighted by molar-refractivity contribution is 6.46. The molecule has 0 unspecified atom stereocenters. The molecule has 2 saturated heterocycles. The number of hydrogen-bond acceptors (Lipinski definition) is 6. The first-order chi connectivity index (χ1) is 15.4. The lowest BCUT2D eigenvalue weighted by atomic mass is 9.94. The predicted molar refractivity (Wildman–Crippen MR) is 115 cm³/mol. The number of aromatic amines is 1. The molecule has 1 aromatic heterocycles. The fraction of sp³-hybridized carbons (Fsp3) is 0.435. The SMILES string of the molecule is Cc1n[nH]c(C)c1/C(O)=C1\C(=O)C(=O)N(CCCN2CCOCC2)[C@H]1c1cccc(F)c1. The van der Waals surface area contributed by atoms with Gasteiger partial charge in [0.1, 0.15) is 11.6 Å². The van der Waals surface area contributed by atoms with Gasteiger partial charge in [-0.1, -0.05) is 12.1 Å². The van der Waals surface area contributed by atoms with Crippen LogP contribution in [0, 0.1) is 19.7 Å². The Morgan fingerprint density at radius 2 is 2.00 bits per heavy atom. The number of aliphatic hydroxyl groups is 1. The average molecular weight is 442 g/mol. The number of halogens is 1. The quantitative estimate of drug-likeness (QED) is 0.405. The van der Waals surface area contributed by atoms with E-state index >= 15 is 0 Å². The van der Waals surface area contributed by atoms with Gasteiger partial charge in [0, 0.05) is 31.9 Å². The molecule has 8 nitrogen and oxygen atoms in total. The van der Waals surface area contributed by atoms with Crippen molar-refractivity contribution in [1.29, 1.82) is 0 Å². The number of aromatic nitrogens is 2. The average Bonchev–Trinajstić information content (AvgIpc) is 3.24. The third-order valence-corrected chi connectivity index (χ3v) is 6.05. The van der Waals surface area contributed by atoms with Crippen LogP contribution in [0.3, 0.4) is 0 Å². The van der Waals surface area contributed by atoms with Gasteiger partial charge in [-0.3, -0.25) is 19.6 Å². The lowest BCUT2D eigenvalue weighted by molar-refractivity contribution is -0.140. The Kier molecular flexibility index (Phi) is 6.38. The molecular weight excluding hydrogens is 415 g/mol. The molecule has 0 spiro atoms. The zero-order valence-electron chi connectivity index (χ0n) is 18.2. The van der Waals surface area contributed by atoms with Crippen LogP contribution in [0.1, 0.15) is 35.0 Å². The number of morpholine rings is 1. The molecule has 0 bridgehead atoms. The van der Waals surface area contributed by atoms with E-state index in [-0.39, 0.29) is 11.3 Å². The maximum absolute atomic E-state index is 14.1. The lowest BCUT2D eigenvalue weighted by Crippen LogP contribution is -2.39. The number of nitrogens with zero attached hydrogens (tertiary/aromatic N) is 3. The van der Waals surface area contributed by atoms with E-state index in [1.165, 1.54) is 23.1 Å². The Bertz CT molecular complexity index is 1040. The topological polar surface area (TPSA) is 98.8 Å². The van der Waals surface area contributed by atoms with Crippen molar-refractivity contribution in [1.82, 2.24) is 20.0 Å². The fourth-order valence-electron chi connectivity index (χ4n) is 4.46. The van der Waals surface area contributed by atoms with Crippen molar-refractivity contribution in [3.8, 4) is 0 Å². The van der Waals surface area contributed by atoms with Gasteiger partial charge in [0.2, 0.25) is 0 Å². The van der Waals surface area contributed by atoms with Crippen LogP contribution in [0.2, 0.25) is 0 Å². The molecule has 2 aliphatic rings. The zero-order valence-corrected chi connectivity index (χ0v) is 18.2. The molecule has 3 heterocycles. The van der Waals surface area contributed by atoms with Gasteiger partial charge in [0.25, 0.3) is 11.7 Å². The molecule has 170 valence electrons. The van der Waals surface area contributed by atoms with Crippen molar-refractivity contribution >= 4 is 17.4 Å². The number of aliphatic hydroxyl groups excluding tert-OH is 1. The van der Waals surface area contributed by atoms with Gasteiger partial charge in [0.05, 0.1) is 36.1 Å². The summed E-state index contributed by atoms with van der Waals surface area (Å²) >= 11 is 0. The first-order valence-electron chi connectivity index (χ1n) is 10.7. The Morgan fingerprint density at radius 3 is 2.66 bits per heavy atom. The number of amides is 1. The van der Waals surface area contributed by atoms with Crippen molar-refractivity contribution in [3.63, 3.8) is 0 Å². The number of carbonyl (C=O) groups excluding carboxylic acids is 2. The standard InChI is InChI=1S/C23H27FN4O4/c1-14-18(15(2)26-25-14)21(29)19-20(16-5-3-6-17(24)13-16)28(23(31)22(19)30)8-4-7-27-9-11-32-12-10-27/h3,5-6,13,20,29H,4,7-12H2,1-2H3,(H,25,26)/b21-19+/t20-/m0/s1. The number of rotatable bonds is 6. The van der Waals surface area contributed by atoms with Crippen LogP contribution in [0.5, 0.6) is 0 Å². The van der Waals surface area contributed by atoms with E-state index in [0.717, 1.165) is 19.6 Å². The molecule has 9 heteroatoms. The molecule has 0 radical (unpaired) electrons. The number of likely N-dealkylation sites (tertiary alicyclic amines) is 1. The van der Waals surface area contributed by atoms with Crippen molar-refractivity contribution < 1.29 is 23.8 Å². The van der Waals surface area contributed by atoms with Gasteiger partial charge < -0.3 is 14.7 Å². The van der Waals surface area contributed by atoms with Crippen LogP contribution in [0.25, 0.3) is 5.76 Å². The first-order valence-corrected chi connectivity index (χ1v) is 10.7. The monoisotopic (exact) mass is 442 g/mol. The molecule has 0 aliphatic carbocycles. The van der Waals surface area contributed by atoms with E-state index in [1.807, 2.05) is 0 Å². The van der Waals surface area contributed by atoms with Crippen molar-refractivity contribution in [3.05, 3.63) is 58.2 Å². The number of ether oxygens (including phenoxy) is 1. The summed E-state index contributed by atoms with van der Waals surface area (Å²) in [5.41, 5.74) is 1.88. The summed E-state index contributed by atoms with van der Waals surface area (Å²) in [4.78, 5) is 29.7. The number of aryl methyl sites for hydroxylation is 2. The predicted octanol–water partition coefficient (Wildman–Crippen LogP) is 2.31. The van der Waals surface area contributed by atoms with Crippen LogP contribution >= 0.6 is 0 Å². The van der Waals surface area contributed by atoms with Gasteiger partial charge in [-0.25, -0.2) is 4.39 Å². The minimum absolute atomic E-state index is 0.0421. The number of ketones is 1. The molecule has 2 N–H and O–H groups in total. The number of Topliss-reactive ketones (excluding diaryl/α,β-unsaturated/α-hetero) is 1. The van der Waals surface area contributed by atoms with Gasteiger partial charge in [-0.2, -0.15) is 5.10 Å². The van der Waals surface area contributed by atoms with Crippen LogP contribution in [0.15, 0.2) is 29.8 Å². The van der Waals surface area contributed by atoms with E-state index < -0.39 is 23.5 Å². The van der Waals surface area contributed by atoms with Gasteiger partial charge >= 0.3 is 0 Å². The number of benzene rings is 1. The summed E-state index contributed by atoms with van der Waals surface area (Å²) < 4.78 is 19.4. The second kappa shape index (κ2) is 9.22. The highest BCUT2D eigenvalue weighted by Gasteiger charge is 2.46. The Hall–Kier alpha value is -3.04. The van der Waals surface area contributed by atoms with E-state index in [9.17, 15) is 19.1 Å². The smallest absolute Gasteiger partial charge is 0.295 e. The van der Waals surface area contributed by atoms with Gasteiger partial charge in [0.15, 0.2) is 0 Å². The number of nitrogens with one attached hydrogen (secondary N) is 1. The lowest BCUT2D eigenvalue weighted by Gasteiger charge is -2.29. The molecule has 4 rings (SSSR count). The van der Waals surface area contributed by atoms with E-state index in [2.05, 4.69) is 15.1 Å². The number of carbonyl (C=O) groups is 2. The van der Waals surface area contributed by atoms with Crippen LogP contribution in [-0.4, -0.2) is 76.2 Å². The molecule has 32 heavy (non-hydrogen) atoms. The zero-order chi connectivity index (χ0) is 22.8. The summed E-state index contributed by atoms with van der Waals surface area (Å²) in [5.74, 6) is -2.24. The minimum atomic E-state index is -0.871. The van der Waals surface area contributed by atoms with Gasteiger partial charge in [-0.15, -0.1) is 0 Å². The summed E-state index contributed by atoms with van der Waals surface area (Å²) in [7, 11) is 0. The first kappa shape index (κ1) is 22.2. The highest BCUT2D eigenvalue weighted by atomic mass is 19.1. The molecule has 0 saturated carbocycles. The van der Waals surface area contributed by atoms with E-state index in [0.29, 0.717) is 48.7 Å². The largest absolute Gasteiger partial charge is 0.507 e. The minimum Gasteiger partial charge on any atom is -0.507 e. The molecule has 1 amide bonds. The molecule has 1 atom stereocenters. The molecule has 1 aromatic carbocycles. The van der Waals surface area contributed by atoms with E-state index in [4.69, 9.17) is 4.74 Å².